The van der Waals surface area contributed by atoms with E-state index in [9.17, 15) is 14.4 Å². The molecular weight excluding hydrogens is 312 g/mol. The lowest BCUT2D eigenvalue weighted by molar-refractivity contribution is -0.123. The minimum absolute atomic E-state index is 0.0855. The van der Waals surface area contributed by atoms with Crippen LogP contribution in [0.4, 0.5) is 0 Å². The number of nitrogens with zero attached hydrogens (tertiary/aromatic N) is 2. The summed E-state index contributed by atoms with van der Waals surface area (Å²) in [6, 6.07) is 16.9. The largest absolute Gasteiger partial charge is 0.275 e. The molecule has 1 fully saturated rings. The van der Waals surface area contributed by atoms with Crippen LogP contribution in [-0.2, 0) is 4.79 Å². The molecule has 0 bridgehead atoms. The first-order chi connectivity index (χ1) is 11.1. The van der Waals surface area contributed by atoms with Gasteiger partial charge >= 0.3 is 0 Å². The number of amides is 3. The quantitative estimate of drug-likeness (QED) is 0.627. The molecule has 1 heterocycles. The van der Waals surface area contributed by atoms with E-state index >= 15 is 0 Å². The minimum atomic E-state index is -0.524. The third-order valence-corrected chi connectivity index (χ3v) is 3.86. The molecule has 5 nitrogen and oxygen atoms in total. The van der Waals surface area contributed by atoms with Crippen LogP contribution in [0.25, 0.3) is 0 Å². The van der Waals surface area contributed by atoms with Crippen molar-refractivity contribution < 1.29 is 14.4 Å². The lowest BCUT2D eigenvalue weighted by Crippen LogP contribution is -2.39. The molecule has 2 aromatic rings. The highest BCUT2D eigenvalue weighted by Crippen LogP contribution is 2.18. The maximum absolute atomic E-state index is 12.5. The Labute approximate surface area is 138 Å². The topological polar surface area (TPSA) is 57.7 Å². The molecule has 0 atom stereocenters. The third-order valence-electron chi connectivity index (χ3n) is 3.45. The molecule has 0 unspecified atom stereocenters. The van der Waals surface area contributed by atoms with Crippen LogP contribution in [0.3, 0.4) is 0 Å². The fraction of sp³-hybridized carbons (Fsp3) is 0.0588. The van der Waals surface area contributed by atoms with Crippen molar-refractivity contribution in [2.24, 2.45) is 0 Å². The van der Waals surface area contributed by atoms with E-state index in [4.69, 9.17) is 12.2 Å². The molecule has 3 amide bonds. The first kappa shape index (κ1) is 15.1. The second-order valence-corrected chi connectivity index (χ2v) is 5.31. The lowest BCUT2D eigenvalue weighted by atomic mass is 10.2. The van der Waals surface area contributed by atoms with Gasteiger partial charge in [-0.15, -0.1) is 0 Å². The van der Waals surface area contributed by atoms with Gasteiger partial charge in [0.2, 0.25) is 0 Å². The van der Waals surface area contributed by atoms with Crippen molar-refractivity contribution in [1.82, 2.24) is 9.80 Å². The predicted molar refractivity (Wildman–Crippen MR) is 87.7 cm³/mol. The Morgan fingerprint density at radius 1 is 0.826 bits per heavy atom. The second kappa shape index (κ2) is 6.10. The smallest absolute Gasteiger partial charge is 0.266 e. The zero-order chi connectivity index (χ0) is 16.4. The van der Waals surface area contributed by atoms with Gasteiger partial charge in [0.25, 0.3) is 17.7 Å². The van der Waals surface area contributed by atoms with E-state index in [1.54, 1.807) is 60.7 Å². The number of rotatable bonds is 2. The Morgan fingerprint density at radius 2 is 1.30 bits per heavy atom. The summed E-state index contributed by atoms with van der Waals surface area (Å²) in [6.07, 6.45) is 0. The molecule has 0 spiro atoms. The molecule has 114 valence electrons. The van der Waals surface area contributed by atoms with Gasteiger partial charge in [0.05, 0.1) is 0 Å². The van der Waals surface area contributed by atoms with Gasteiger partial charge in [-0.25, -0.2) is 4.90 Å². The van der Waals surface area contributed by atoms with Crippen LogP contribution in [0.2, 0.25) is 0 Å². The van der Waals surface area contributed by atoms with Gasteiger partial charge < -0.3 is 0 Å². The average molecular weight is 324 g/mol. The fourth-order valence-electron chi connectivity index (χ4n) is 2.31. The number of benzene rings is 2. The van der Waals surface area contributed by atoms with Gasteiger partial charge in [-0.3, -0.25) is 19.3 Å². The molecular formula is C17H12N2O3S. The first-order valence-corrected chi connectivity index (χ1v) is 7.33. The molecule has 2 aromatic carbocycles. The summed E-state index contributed by atoms with van der Waals surface area (Å²) in [5.41, 5.74) is 0.758. The van der Waals surface area contributed by atoms with E-state index in [1.807, 2.05) is 0 Å². The van der Waals surface area contributed by atoms with Gasteiger partial charge in [0, 0.05) is 11.1 Å². The zero-order valence-corrected chi connectivity index (χ0v) is 12.8. The molecule has 0 radical (unpaired) electrons. The normalized spacial score (nSPS) is 14.3. The maximum atomic E-state index is 12.5. The van der Waals surface area contributed by atoms with Crippen molar-refractivity contribution in [2.45, 2.75) is 0 Å². The van der Waals surface area contributed by atoms with Crippen molar-refractivity contribution in [3.8, 4) is 0 Å². The summed E-state index contributed by atoms with van der Waals surface area (Å²) in [7, 11) is 0. The first-order valence-electron chi connectivity index (χ1n) is 6.93. The van der Waals surface area contributed by atoms with Crippen LogP contribution < -0.4 is 0 Å². The van der Waals surface area contributed by atoms with E-state index < -0.39 is 17.7 Å². The van der Waals surface area contributed by atoms with Crippen molar-refractivity contribution in [2.75, 3.05) is 6.54 Å². The molecule has 0 saturated carbocycles. The Balaban J connectivity index is 1.86. The van der Waals surface area contributed by atoms with Crippen molar-refractivity contribution in [3.05, 3.63) is 71.8 Å². The molecule has 23 heavy (non-hydrogen) atoms. The van der Waals surface area contributed by atoms with Gasteiger partial charge in [-0.1, -0.05) is 36.4 Å². The van der Waals surface area contributed by atoms with Crippen molar-refractivity contribution in [3.63, 3.8) is 0 Å². The van der Waals surface area contributed by atoms with Crippen molar-refractivity contribution in [1.29, 1.82) is 0 Å². The summed E-state index contributed by atoms with van der Waals surface area (Å²) in [5, 5.41) is -0.0855. The zero-order valence-electron chi connectivity index (χ0n) is 12.0. The molecule has 3 rings (SSSR count). The fourth-order valence-corrected chi connectivity index (χ4v) is 2.64. The third kappa shape index (κ3) is 2.76. The molecule has 1 saturated heterocycles. The Morgan fingerprint density at radius 3 is 1.83 bits per heavy atom. The number of carbonyl (C=O) groups is 3. The summed E-state index contributed by atoms with van der Waals surface area (Å²) in [4.78, 5) is 39.1. The summed E-state index contributed by atoms with van der Waals surface area (Å²) >= 11 is 5.18. The molecule has 1 aliphatic heterocycles. The van der Waals surface area contributed by atoms with Gasteiger partial charge in [-0.2, -0.15) is 0 Å². The van der Waals surface area contributed by atoms with Gasteiger partial charge in [0.15, 0.2) is 5.11 Å². The monoisotopic (exact) mass is 324 g/mol. The highest BCUT2D eigenvalue weighted by atomic mass is 32.1. The summed E-state index contributed by atoms with van der Waals surface area (Å²) in [6.45, 7) is -0.231. The predicted octanol–water partition coefficient (Wildman–Crippen LogP) is 2.10. The molecule has 0 aromatic heterocycles. The maximum Gasteiger partial charge on any atom is 0.266 e. The molecule has 0 N–H and O–H groups in total. The van der Waals surface area contributed by atoms with Crippen LogP contribution in [0.1, 0.15) is 20.7 Å². The van der Waals surface area contributed by atoms with Crippen LogP contribution >= 0.6 is 12.2 Å². The Bertz CT molecular complexity index is 790. The SMILES string of the molecule is O=C(c1ccccc1)N1CC(=O)N(C(=O)c2ccccc2)C1=S. The second-order valence-electron chi connectivity index (χ2n) is 4.94. The number of imide groups is 1. The molecule has 6 heteroatoms. The highest BCUT2D eigenvalue weighted by Gasteiger charge is 2.40. The minimum Gasteiger partial charge on any atom is -0.275 e. The average Bonchev–Trinajstić information content (AvgIpc) is 2.89. The van der Waals surface area contributed by atoms with Crippen LogP contribution in [0.15, 0.2) is 60.7 Å². The van der Waals surface area contributed by atoms with Gasteiger partial charge in [-0.05, 0) is 36.5 Å². The standard InChI is InChI=1S/C17H12N2O3S/c20-14-11-18(15(21)12-7-3-1-4-8-12)17(23)19(14)16(22)13-9-5-2-6-10-13/h1-10H,11H2. The highest BCUT2D eigenvalue weighted by molar-refractivity contribution is 7.80. The molecule has 1 aliphatic rings. The van der Waals surface area contributed by atoms with E-state index in [1.165, 1.54) is 0 Å². The number of thiocarbonyl (C=S) groups is 1. The summed E-state index contributed by atoms with van der Waals surface area (Å²) in [5.74, 6) is -1.43. The van der Waals surface area contributed by atoms with E-state index in [-0.39, 0.29) is 11.7 Å². The van der Waals surface area contributed by atoms with E-state index in [0.29, 0.717) is 11.1 Å². The number of hydrogen-bond acceptors (Lipinski definition) is 4. The van der Waals surface area contributed by atoms with Gasteiger partial charge in [0.1, 0.15) is 6.54 Å². The van der Waals surface area contributed by atoms with Crippen LogP contribution in [-0.4, -0.2) is 39.2 Å². The Hall–Kier alpha value is -2.86. The van der Waals surface area contributed by atoms with E-state index in [2.05, 4.69) is 0 Å². The van der Waals surface area contributed by atoms with E-state index in [0.717, 1.165) is 9.80 Å². The van der Waals surface area contributed by atoms with Crippen LogP contribution in [0.5, 0.6) is 0 Å². The van der Waals surface area contributed by atoms with Crippen LogP contribution in [0, 0.1) is 0 Å². The molecule has 0 aliphatic carbocycles. The van der Waals surface area contributed by atoms with Crippen molar-refractivity contribution >= 4 is 35.1 Å². The number of carbonyl (C=O) groups excluding carboxylic acids is 3. The lowest BCUT2D eigenvalue weighted by Gasteiger charge is -2.17. The Kier molecular flexibility index (Phi) is 3.99. The summed E-state index contributed by atoms with van der Waals surface area (Å²) < 4.78 is 0. The number of hydrogen-bond donors (Lipinski definition) is 0.